The molecule has 0 aliphatic carbocycles. The molecule has 1 heterocycles. The first-order chi connectivity index (χ1) is 12.5. The molecule has 4 N–H and O–H groups in total. The molecule has 0 saturated heterocycles. The van der Waals surface area contributed by atoms with Gasteiger partial charge in [0.2, 0.25) is 17.6 Å². The molecule has 3 rings (SSSR count). The molecule has 7 heteroatoms. The lowest BCUT2D eigenvalue weighted by Crippen LogP contribution is -2.18. The second kappa shape index (κ2) is 7.41. The Morgan fingerprint density at radius 3 is 2.46 bits per heavy atom. The van der Waals surface area contributed by atoms with Crippen LogP contribution in [0.4, 0.5) is 5.69 Å². The quantitative estimate of drug-likeness (QED) is 0.580. The molecule has 132 valence electrons. The highest BCUT2D eigenvalue weighted by Crippen LogP contribution is 2.31. The highest BCUT2D eigenvalue weighted by atomic mass is 35.5. The monoisotopic (exact) mass is 369 g/mol. The summed E-state index contributed by atoms with van der Waals surface area (Å²) in [7, 11) is 0. The van der Waals surface area contributed by atoms with E-state index >= 15 is 0 Å². The smallest absolute Gasteiger partial charge is 0.224 e. The number of carbonyl (C=O) groups is 3. The van der Waals surface area contributed by atoms with Gasteiger partial charge in [0.05, 0.1) is 5.69 Å². The Hall–Kier alpha value is -3.12. The van der Waals surface area contributed by atoms with Crippen LogP contribution in [0.15, 0.2) is 48.5 Å². The van der Waals surface area contributed by atoms with Crippen LogP contribution in [0, 0.1) is 0 Å². The van der Waals surface area contributed by atoms with Crippen molar-refractivity contribution >= 4 is 45.8 Å². The molecule has 0 radical (unpaired) electrons. The van der Waals surface area contributed by atoms with E-state index in [2.05, 4.69) is 10.3 Å². The number of primary amides is 1. The Morgan fingerprint density at radius 1 is 1.04 bits per heavy atom. The number of nitrogens with one attached hydrogen (secondary N) is 2. The number of nitrogens with two attached hydrogens (primary N) is 1. The minimum Gasteiger partial charge on any atom is -0.370 e. The number of H-pyrrole nitrogens is 1. The maximum absolute atomic E-state index is 12.9. The van der Waals surface area contributed by atoms with Crippen molar-refractivity contribution in [3.63, 3.8) is 0 Å². The lowest BCUT2D eigenvalue weighted by atomic mass is 10.1. The Kier molecular flexibility index (Phi) is 5.04. The minimum absolute atomic E-state index is 0.0609. The van der Waals surface area contributed by atoms with Crippen LogP contribution in [0.25, 0.3) is 10.9 Å². The minimum atomic E-state index is -0.563. The molecule has 3 aromatic rings. The van der Waals surface area contributed by atoms with Crippen LogP contribution in [0.5, 0.6) is 0 Å². The molecule has 0 aliphatic rings. The van der Waals surface area contributed by atoms with Crippen molar-refractivity contribution in [2.75, 3.05) is 5.32 Å². The maximum Gasteiger partial charge on any atom is 0.224 e. The first kappa shape index (κ1) is 17.7. The molecule has 2 amide bonds. The van der Waals surface area contributed by atoms with Gasteiger partial charge in [0.25, 0.3) is 0 Å². The number of anilines is 1. The summed E-state index contributed by atoms with van der Waals surface area (Å²) in [6.45, 7) is 0. The van der Waals surface area contributed by atoms with Crippen molar-refractivity contribution in [2.45, 2.75) is 12.8 Å². The number of aromatic amines is 1. The molecule has 0 spiro atoms. The van der Waals surface area contributed by atoms with E-state index in [1.165, 1.54) is 0 Å². The van der Waals surface area contributed by atoms with Gasteiger partial charge in [-0.1, -0.05) is 41.9 Å². The lowest BCUT2D eigenvalue weighted by Gasteiger charge is -2.07. The van der Waals surface area contributed by atoms with Crippen LogP contribution >= 0.6 is 11.6 Å². The van der Waals surface area contributed by atoms with Crippen molar-refractivity contribution < 1.29 is 14.4 Å². The second-order valence-electron chi connectivity index (χ2n) is 5.77. The fourth-order valence-corrected chi connectivity index (χ4v) is 2.81. The Labute approximate surface area is 154 Å². The van der Waals surface area contributed by atoms with Crippen molar-refractivity contribution in [3.05, 3.63) is 64.8 Å². The number of carbonyl (C=O) groups excluding carboxylic acids is 3. The number of fused-ring (bicyclic) bond motifs is 1. The van der Waals surface area contributed by atoms with E-state index in [1.807, 2.05) is 6.07 Å². The molecule has 0 saturated carbocycles. The van der Waals surface area contributed by atoms with Gasteiger partial charge in [-0.15, -0.1) is 0 Å². The number of amides is 2. The molecule has 0 unspecified atom stereocenters. The van der Waals surface area contributed by atoms with Crippen molar-refractivity contribution in [2.24, 2.45) is 5.73 Å². The van der Waals surface area contributed by atoms with Gasteiger partial charge in [-0.2, -0.15) is 0 Å². The van der Waals surface area contributed by atoms with Crippen molar-refractivity contribution in [1.29, 1.82) is 0 Å². The van der Waals surface area contributed by atoms with E-state index in [0.29, 0.717) is 27.2 Å². The number of aromatic nitrogens is 1. The van der Waals surface area contributed by atoms with Gasteiger partial charge in [0.1, 0.15) is 5.69 Å². The topological polar surface area (TPSA) is 105 Å². The number of benzene rings is 2. The summed E-state index contributed by atoms with van der Waals surface area (Å²) in [6.07, 6.45) is -0.128. The van der Waals surface area contributed by atoms with Crippen LogP contribution < -0.4 is 11.1 Å². The summed E-state index contributed by atoms with van der Waals surface area (Å²) < 4.78 is 0. The van der Waals surface area contributed by atoms with Gasteiger partial charge >= 0.3 is 0 Å². The SMILES string of the molecule is NC(=O)CCC(=O)Nc1c(C(=O)c2ccccc2)[nH]c2cc(Cl)ccc12. The normalized spacial score (nSPS) is 10.7. The average molecular weight is 370 g/mol. The van der Waals surface area contributed by atoms with E-state index in [-0.39, 0.29) is 24.3 Å². The molecule has 0 aliphatic heterocycles. The Balaban J connectivity index is 2.02. The van der Waals surface area contributed by atoms with E-state index < -0.39 is 11.8 Å². The second-order valence-corrected chi connectivity index (χ2v) is 6.21. The van der Waals surface area contributed by atoms with Gasteiger partial charge < -0.3 is 16.0 Å². The standard InChI is InChI=1S/C19H16ClN3O3/c20-12-6-7-13-14(10-12)22-18(19(26)11-4-2-1-3-5-11)17(13)23-16(25)9-8-15(21)24/h1-7,10,22H,8-9H2,(H2,21,24)(H,23,25). The highest BCUT2D eigenvalue weighted by Gasteiger charge is 2.21. The molecule has 2 aromatic carbocycles. The number of ketones is 1. The third kappa shape index (κ3) is 3.75. The van der Waals surface area contributed by atoms with Gasteiger partial charge in [0.15, 0.2) is 0 Å². The van der Waals surface area contributed by atoms with E-state index in [1.54, 1.807) is 42.5 Å². The predicted octanol–water partition coefficient (Wildman–Crippen LogP) is 3.26. The fourth-order valence-electron chi connectivity index (χ4n) is 2.64. The first-order valence-corrected chi connectivity index (χ1v) is 8.32. The summed E-state index contributed by atoms with van der Waals surface area (Å²) in [6, 6.07) is 13.8. The third-order valence-electron chi connectivity index (χ3n) is 3.89. The maximum atomic E-state index is 12.9. The molecule has 6 nitrogen and oxygen atoms in total. The number of halogens is 1. The van der Waals surface area contributed by atoms with Crippen molar-refractivity contribution in [1.82, 2.24) is 4.98 Å². The molecule has 0 bridgehead atoms. The average Bonchev–Trinajstić information content (AvgIpc) is 2.97. The summed E-state index contributed by atoms with van der Waals surface area (Å²) in [5.41, 5.74) is 6.80. The summed E-state index contributed by atoms with van der Waals surface area (Å²) in [5.74, 6) is -1.23. The molecular formula is C19H16ClN3O3. The number of rotatable bonds is 6. The van der Waals surface area contributed by atoms with Crippen LogP contribution in [0.3, 0.4) is 0 Å². The van der Waals surface area contributed by atoms with E-state index in [9.17, 15) is 14.4 Å². The van der Waals surface area contributed by atoms with Crippen LogP contribution in [0.1, 0.15) is 28.9 Å². The van der Waals surface area contributed by atoms with Gasteiger partial charge in [-0.05, 0) is 18.2 Å². The molecule has 26 heavy (non-hydrogen) atoms. The zero-order valence-electron chi connectivity index (χ0n) is 13.7. The van der Waals surface area contributed by atoms with Crippen LogP contribution in [0.2, 0.25) is 5.02 Å². The molecule has 1 aromatic heterocycles. The van der Waals surface area contributed by atoms with Gasteiger partial charge in [0, 0.05) is 34.3 Å². The Morgan fingerprint density at radius 2 is 1.77 bits per heavy atom. The summed E-state index contributed by atoms with van der Waals surface area (Å²) >= 11 is 6.02. The fraction of sp³-hybridized carbons (Fsp3) is 0.105. The zero-order valence-corrected chi connectivity index (χ0v) is 14.5. The third-order valence-corrected chi connectivity index (χ3v) is 4.12. The molecule has 0 fully saturated rings. The number of hydrogen-bond donors (Lipinski definition) is 3. The van der Waals surface area contributed by atoms with E-state index in [0.717, 1.165) is 0 Å². The van der Waals surface area contributed by atoms with Gasteiger partial charge in [-0.25, -0.2) is 0 Å². The van der Waals surface area contributed by atoms with Gasteiger partial charge in [-0.3, -0.25) is 14.4 Å². The number of hydrogen-bond acceptors (Lipinski definition) is 3. The van der Waals surface area contributed by atoms with Crippen LogP contribution in [-0.2, 0) is 9.59 Å². The predicted molar refractivity (Wildman–Crippen MR) is 100 cm³/mol. The van der Waals surface area contributed by atoms with Crippen molar-refractivity contribution in [3.8, 4) is 0 Å². The first-order valence-electron chi connectivity index (χ1n) is 7.95. The lowest BCUT2D eigenvalue weighted by molar-refractivity contribution is -0.122. The Bertz CT molecular complexity index is 996. The molecule has 0 atom stereocenters. The summed E-state index contributed by atoms with van der Waals surface area (Å²) in [4.78, 5) is 39.0. The summed E-state index contributed by atoms with van der Waals surface area (Å²) in [5, 5.41) is 3.87. The highest BCUT2D eigenvalue weighted by molar-refractivity contribution is 6.31. The van der Waals surface area contributed by atoms with E-state index in [4.69, 9.17) is 17.3 Å². The van der Waals surface area contributed by atoms with Crippen LogP contribution in [-0.4, -0.2) is 22.6 Å². The molecular weight excluding hydrogens is 354 g/mol. The zero-order chi connectivity index (χ0) is 18.7. The largest absolute Gasteiger partial charge is 0.370 e.